The molecule has 0 bridgehead atoms. The Labute approximate surface area is 168 Å². The van der Waals surface area contributed by atoms with Crippen molar-refractivity contribution in [2.75, 3.05) is 26.4 Å². The minimum atomic E-state index is -3.75. The van der Waals surface area contributed by atoms with Gasteiger partial charge in [0.2, 0.25) is 10.0 Å². The first kappa shape index (κ1) is 21.7. The quantitative estimate of drug-likeness (QED) is 0.652. The molecule has 146 valence electrons. The Balaban J connectivity index is 1.92. The lowest BCUT2D eigenvalue weighted by Gasteiger charge is -2.14. The van der Waals surface area contributed by atoms with Crippen LogP contribution in [0.15, 0.2) is 47.4 Å². The van der Waals surface area contributed by atoms with Gasteiger partial charge in [0.25, 0.3) is 5.91 Å². The van der Waals surface area contributed by atoms with Crippen LogP contribution in [0.2, 0.25) is 5.02 Å². The molecule has 0 radical (unpaired) electrons. The average Bonchev–Trinajstić information content (AvgIpc) is 2.62. The van der Waals surface area contributed by atoms with Crippen molar-refractivity contribution >= 4 is 39.3 Å². The standard InChI is InChI=1S/C18H20ClFN2O3S2/c1-22(2)27(24,25)17-11-13(7-8-15(17)19)18(23)21-9-10-26-12-14-5-3-4-6-16(14)20/h3-8,11H,9-10,12H2,1-2H3,(H,21,23). The Morgan fingerprint density at radius 2 is 1.93 bits per heavy atom. The van der Waals surface area contributed by atoms with E-state index in [1.807, 2.05) is 0 Å². The highest BCUT2D eigenvalue weighted by molar-refractivity contribution is 7.98. The molecule has 0 atom stereocenters. The molecule has 0 saturated carbocycles. The van der Waals surface area contributed by atoms with Crippen LogP contribution in [-0.4, -0.2) is 45.0 Å². The molecule has 5 nitrogen and oxygen atoms in total. The van der Waals surface area contributed by atoms with Crippen molar-refractivity contribution in [2.24, 2.45) is 0 Å². The summed E-state index contributed by atoms with van der Waals surface area (Å²) in [5.74, 6) is 0.462. The molecular weight excluding hydrogens is 411 g/mol. The Morgan fingerprint density at radius 3 is 2.59 bits per heavy atom. The second-order valence-electron chi connectivity index (χ2n) is 5.83. The van der Waals surface area contributed by atoms with Crippen molar-refractivity contribution in [2.45, 2.75) is 10.6 Å². The molecule has 0 spiro atoms. The predicted octanol–water partition coefficient (Wildman–Crippen LogP) is 3.39. The van der Waals surface area contributed by atoms with Gasteiger partial charge in [0.05, 0.1) is 5.02 Å². The monoisotopic (exact) mass is 430 g/mol. The number of nitrogens with zero attached hydrogens (tertiary/aromatic N) is 1. The summed E-state index contributed by atoms with van der Waals surface area (Å²) in [5.41, 5.74) is 0.823. The van der Waals surface area contributed by atoms with Crippen LogP contribution in [-0.2, 0) is 15.8 Å². The van der Waals surface area contributed by atoms with Crippen LogP contribution in [0.3, 0.4) is 0 Å². The van der Waals surface area contributed by atoms with Crippen LogP contribution in [0.1, 0.15) is 15.9 Å². The van der Waals surface area contributed by atoms with E-state index in [4.69, 9.17) is 11.6 Å². The Hall–Kier alpha value is -1.61. The van der Waals surface area contributed by atoms with Crippen LogP contribution in [0.4, 0.5) is 4.39 Å². The molecule has 27 heavy (non-hydrogen) atoms. The van der Waals surface area contributed by atoms with E-state index in [9.17, 15) is 17.6 Å². The fourth-order valence-electron chi connectivity index (χ4n) is 2.18. The summed E-state index contributed by atoms with van der Waals surface area (Å²) in [6.07, 6.45) is 0. The summed E-state index contributed by atoms with van der Waals surface area (Å²) in [7, 11) is -0.958. The number of rotatable bonds is 8. The Morgan fingerprint density at radius 1 is 1.22 bits per heavy atom. The van der Waals surface area contributed by atoms with Crippen LogP contribution >= 0.6 is 23.4 Å². The molecule has 0 fully saturated rings. The fraction of sp³-hybridized carbons (Fsp3) is 0.278. The van der Waals surface area contributed by atoms with Gasteiger partial charge in [-0.1, -0.05) is 29.8 Å². The van der Waals surface area contributed by atoms with Crippen LogP contribution in [0, 0.1) is 5.82 Å². The zero-order valence-electron chi connectivity index (χ0n) is 14.9. The number of sulfonamides is 1. The zero-order valence-corrected chi connectivity index (χ0v) is 17.3. The van der Waals surface area contributed by atoms with Crippen LogP contribution in [0.5, 0.6) is 0 Å². The zero-order chi connectivity index (χ0) is 20.0. The van der Waals surface area contributed by atoms with E-state index in [2.05, 4.69) is 5.32 Å². The van der Waals surface area contributed by atoms with Gasteiger partial charge in [0.15, 0.2) is 0 Å². The molecule has 2 rings (SSSR count). The third-order valence-corrected chi connectivity index (χ3v) is 7.00. The van der Waals surface area contributed by atoms with Gasteiger partial charge in [-0.25, -0.2) is 17.1 Å². The minimum Gasteiger partial charge on any atom is -0.351 e. The maximum Gasteiger partial charge on any atom is 0.251 e. The van der Waals surface area contributed by atoms with Gasteiger partial charge in [0.1, 0.15) is 10.7 Å². The van der Waals surface area contributed by atoms with Crippen molar-refractivity contribution in [3.63, 3.8) is 0 Å². The van der Waals surface area contributed by atoms with Gasteiger partial charge in [0, 0.05) is 37.7 Å². The van der Waals surface area contributed by atoms with Gasteiger partial charge in [-0.15, -0.1) is 0 Å². The molecule has 0 heterocycles. The maximum absolute atomic E-state index is 13.5. The topological polar surface area (TPSA) is 66.5 Å². The van der Waals surface area contributed by atoms with E-state index in [0.29, 0.717) is 23.6 Å². The molecular formula is C18H20ClFN2O3S2. The molecule has 2 aromatic rings. The molecule has 2 aromatic carbocycles. The number of thioether (sulfide) groups is 1. The largest absolute Gasteiger partial charge is 0.351 e. The molecule has 0 aromatic heterocycles. The van der Waals surface area contributed by atoms with Crippen LogP contribution in [0.25, 0.3) is 0 Å². The first-order valence-electron chi connectivity index (χ1n) is 8.05. The average molecular weight is 431 g/mol. The maximum atomic E-state index is 13.5. The highest BCUT2D eigenvalue weighted by atomic mass is 35.5. The first-order chi connectivity index (χ1) is 12.7. The van der Waals surface area contributed by atoms with E-state index >= 15 is 0 Å². The first-order valence-corrected chi connectivity index (χ1v) is 11.0. The molecule has 1 amide bonds. The van der Waals surface area contributed by atoms with E-state index in [0.717, 1.165) is 4.31 Å². The van der Waals surface area contributed by atoms with E-state index < -0.39 is 15.9 Å². The van der Waals surface area contributed by atoms with E-state index in [1.54, 1.807) is 18.2 Å². The highest BCUT2D eigenvalue weighted by Crippen LogP contribution is 2.24. The number of hydrogen-bond donors (Lipinski definition) is 1. The highest BCUT2D eigenvalue weighted by Gasteiger charge is 2.22. The van der Waals surface area contributed by atoms with Crippen LogP contribution < -0.4 is 5.32 Å². The van der Waals surface area contributed by atoms with E-state index in [1.165, 1.54) is 50.1 Å². The van der Waals surface area contributed by atoms with Gasteiger partial charge >= 0.3 is 0 Å². The number of hydrogen-bond acceptors (Lipinski definition) is 4. The Kier molecular flexibility index (Phi) is 7.67. The molecule has 9 heteroatoms. The molecule has 1 N–H and O–H groups in total. The lowest BCUT2D eigenvalue weighted by molar-refractivity contribution is 0.0956. The normalized spacial score (nSPS) is 11.6. The van der Waals surface area contributed by atoms with Crippen molar-refractivity contribution < 1.29 is 17.6 Å². The van der Waals surface area contributed by atoms with E-state index in [-0.39, 0.29) is 21.3 Å². The van der Waals surface area contributed by atoms with Crippen molar-refractivity contribution in [1.82, 2.24) is 9.62 Å². The molecule has 0 aliphatic carbocycles. The fourth-order valence-corrected chi connectivity index (χ4v) is 4.41. The third kappa shape index (κ3) is 5.68. The molecule has 0 aliphatic rings. The molecule has 0 unspecified atom stereocenters. The second kappa shape index (κ2) is 9.54. The summed E-state index contributed by atoms with van der Waals surface area (Å²) in [6.45, 7) is 0.371. The number of carbonyl (C=O) groups is 1. The van der Waals surface area contributed by atoms with Gasteiger partial charge < -0.3 is 5.32 Å². The summed E-state index contributed by atoms with van der Waals surface area (Å²) >= 11 is 7.47. The molecule has 0 aliphatic heterocycles. The predicted molar refractivity (Wildman–Crippen MR) is 107 cm³/mol. The van der Waals surface area contributed by atoms with Gasteiger partial charge in [-0.3, -0.25) is 4.79 Å². The third-order valence-electron chi connectivity index (χ3n) is 3.70. The van der Waals surface area contributed by atoms with Crippen molar-refractivity contribution in [1.29, 1.82) is 0 Å². The lowest BCUT2D eigenvalue weighted by atomic mass is 10.2. The number of nitrogens with one attached hydrogen (secondary N) is 1. The van der Waals surface area contributed by atoms with Crippen molar-refractivity contribution in [3.05, 3.63) is 64.4 Å². The number of benzene rings is 2. The SMILES string of the molecule is CN(C)S(=O)(=O)c1cc(C(=O)NCCSCc2ccccc2F)ccc1Cl. The summed E-state index contributed by atoms with van der Waals surface area (Å²) in [4.78, 5) is 12.1. The minimum absolute atomic E-state index is 0.0562. The number of carbonyl (C=O) groups excluding carboxylic acids is 1. The Bertz CT molecular complexity index is 921. The summed E-state index contributed by atoms with van der Waals surface area (Å²) in [6, 6.07) is 10.7. The lowest BCUT2D eigenvalue weighted by Crippen LogP contribution is -2.27. The number of amides is 1. The summed E-state index contributed by atoms with van der Waals surface area (Å²) in [5, 5.41) is 2.78. The smallest absolute Gasteiger partial charge is 0.251 e. The molecule has 0 saturated heterocycles. The second-order valence-corrected chi connectivity index (χ2v) is 9.47. The summed E-state index contributed by atoms with van der Waals surface area (Å²) < 4.78 is 39.1. The van der Waals surface area contributed by atoms with Gasteiger partial charge in [-0.2, -0.15) is 11.8 Å². The van der Waals surface area contributed by atoms with Gasteiger partial charge in [-0.05, 0) is 29.8 Å². The number of halogens is 2. The van der Waals surface area contributed by atoms with Crippen molar-refractivity contribution in [3.8, 4) is 0 Å².